The minimum absolute atomic E-state index is 1.02. The fraction of sp³-hybridized carbons (Fsp3) is 0.172. The highest BCUT2D eigenvalue weighted by molar-refractivity contribution is 5.83. The van der Waals surface area contributed by atoms with Crippen molar-refractivity contribution in [2.45, 2.75) is 34.1 Å². The Morgan fingerprint density at radius 2 is 1.07 bits per heavy atom. The summed E-state index contributed by atoms with van der Waals surface area (Å²) in [6.45, 7) is 8.77. The molecule has 0 aromatic heterocycles. The second kappa shape index (κ2) is 6.74. The second-order valence-electron chi connectivity index (χ2n) is 8.56. The molecule has 1 aliphatic carbocycles. The Labute approximate surface area is 173 Å². The molecule has 0 unspecified atom stereocenters. The first-order valence-electron chi connectivity index (χ1n) is 10.4. The van der Waals surface area contributed by atoms with Crippen molar-refractivity contribution in [3.05, 3.63) is 106 Å². The summed E-state index contributed by atoms with van der Waals surface area (Å²) in [5, 5.41) is 0. The van der Waals surface area contributed by atoms with Crippen LogP contribution in [0.25, 0.3) is 33.4 Å². The van der Waals surface area contributed by atoms with Crippen LogP contribution in [-0.4, -0.2) is 0 Å². The Hall–Kier alpha value is -3.12. The van der Waals surface area contributed by atoms with Crippen LogP contribution in [0, 0.1) is 27.7 Å². The van der Waals surface area contributed by atoms with Crippen molar-refractivity contribution in [3.63, 3.8) is 0 Å². The standard InChI is InChI=1S/C29H26/c1-18-12-19(2)14-24(13-18)22-8-10-27-25(15-22)17-26-16-23(9-11-28(26)27)29-20(3)6-5-7-21(29)4/h5-16H,17H2,1-4H3. The van der Waals surface area contributed by atoms with Gasteiger partial charge in [-0.2, -0.15) is 0 Å². The third-order valence-corrected chi connectivity index (χ3v) is 6.21. The van der Waals surface area contributed by atoms with E-state index in [2.05, 4.69) is 100 Å². The van der Waals surface area contributed by atoms with E-state index in [1.54, 1.807) is 0 Å². The highest BCUT2D eigenvalue weighted by Gasteiger charge is 2.20. The molecule has 0 spiro atoms. The summed E-state index contributed by atoms with van der Waals surface area (Å²) < 4.78 is 0. The summed E-state index contributed by atoms with van der Waals surface area (Å²) in [7, 11) is 0. The predicted molar refractivity (Wildman–Crippen MR) is 125 cm³/mol. The molecular weight excluding hydrogens is 348 g/mol. The maximum absolute atomic E-state index is 2.40. The van der Waals surface area contributed by atoms with E-state index < -0.39 is 0 Å². The largest absolute Gasteiger partial charge is 0.0617 e. The molecular formula is C29H26. The van der Waals surface area contributed by atoms with Crippen molar-refractivity contribution in [3.8, 4) is 33.4 Å². The van der Waals surface area contributed by atoms with E-state index in [1.807, 2.05) is 0 Å². The summed E-state index contributed by atoms with van der Waals surface area (Å²) in [6, 6.07) is 27.4. The lowest BCUT2D eigenvalue weighted by atomic mass is 9.93. The second-order valence-corrected chi connectivity index (χ2v) is 8.56. The number of aryl methyl sites for hydroxylation is 4. The molecule has 1 aliphatic rings. The molecule has 0 fully saturated rings. The van der Waals surface area contributed by atoms with Gasteiger partial charge in [0, 0.05) is 0 Å². The Kier molecular flexibility index (Phi) is 4.17. The summed E-state index contributed by atoms with van der Waals surface area (Å²) in [6.07, 6.45) is 1.02. The van der Waals surface area contributed by atoms with Gasteiger partial charge in [0.25, 0.3) is 0 Å². The summed E-state index contributed by atoms with van der Waals surface area (Å²) in [4.78, 5) is 0. The highest BCUT2D eigenvalue weighted by atomic mass is 14.2. The minimum Gasteiger partial charge on any atom is -0.0617 e. The van der Waals surface area contributed by atoms with Gasteiger partial charge in [0.2, 0.25) is 0 Å². The Balaban J connectivity index is 1.56. The van der Waals surface area contributed by atoms with Gasteiger partial charge < -0.3 is 0 Å². The maximum Gasteiger partial charge on any atom is -0.00130 e. The number of benzene rings is 4. The zero-order valence-electron chi connectivity index (χ0n) is 17.6. The molecule has 5 rings (SSSR count). The van der Waals surface area contributed by atoms with Gasteiger partial charge in [-0.15, -0.1) is 0 Å². The van der Waals surface area contributed by atoms with E-state index in [0.717, 1.165) is 6.42 Å². The van der Waals surface area contributed by atoms with Crippen LogP contribution in [0.5, 0.6) is 0 Å². The molecule has 0 bridgehead atoms. The van der Waals surface area contributed by atoms with Gasteiger partial charge in [0.05, 0.1) is 0 Å². The van der Waals surface area contributed by atoms with Gasteiger partial charge in [-0.3, -0.25) is 0 Å². The number of hydrogen-bond acceptors (Lipinski definition) is 0. The minimum atomic E-state index is 1.02. The fourth-order valence-electron chi connectivity index (χ4n) is 4.96. The van der Waals surface area contributed by atoms with Crippen LogP contribution < -0.4 is 0 Å². The molecule has 0 aliphatic heterocycles. The topological polar surface area (TPSA) is 0 Å². The maximum atomic E-state index is 2.40. The zero-order valence-corrected chi connectivity index (χ0v) is 17.6. The fourth-order valence-corrected chi connectivity index (χ4v) is 4.96. The molecule has 0 amide bonds. The summed E-state index contributed by atoms with van der Waals surface area (Å²) >= 11 is 0. The lowest BCUT2D eigenvalue weighted by Gasteiger charge is -2.11. The van der Waals surface area contributed by atoms with Crippen LogP contribution in [0.1, 0.15) is 33.4 Å². The highest BCUT2D eigenvalue weighted by Crippen LogP contribution is 2.41. The number of rotatable bonds is 2. The molecule has 0 heterocycles. The normalized spacial score (nSPS) is 12.0. The lowest BCUT2D eigenvalue weighted by molar-refractivity contribution is 1.26. The third kappa shape index (κ3) is 3.09. The average Bonchev–Trinajstić information content (AvgIpc) is 3.04. The smallest absolute Gasteiger partial charge is 0.00130 e. The first kappa shape index (κ1) is 17.9. The van der Waals surface area contributed by atoms with E-state index in [4.69, 9.17) is 0 Å². The van der Waals surface area contributed by atoms with Gasteiger partial charge >= 0.3 is 0 Å². The van der Waals surface area contributed by atoms with Crippen molar-refractivity contribution < 1.29 is 0 Å². The van der Waals surface area contributed by atoms with E-state index in [9.17, 15) is 0 Å². The Bertz CT molecular complexity index is 1220. The Morgan fingerprint density at radius 1 is 0.517 bits per heavy atom. The summed E-state index contributed by atoms with van der Waals surface area (Å²) in [5.41, 5.74) is 16.3. The number of hydrogen-bond donors (Lipinski definition) is 0. The molecule has 0 nitrogen and oxygen atoms in total. The van der Waals surface area contributed by atoms with Crippen LogP contribution in [-0.2, 0) is 6.42 Å². The van der Waals surface area contributed by atoms with Gasteiger partial charge in [-0.25, -0.2) is 0 Å². The lowest BCUT2D eigenvalue weighted by Crippen LogP contribution is -1.89. The molecule has 4 aromatic rings. The van der Waals surface area contributed by atoms with E-state index in [1.165, 1.54) is 66.8 Å². The van der Waals surface area contributed by atoms with E-state index in [0.29, 0.717) is 0 Å². The van der Waals surface area contributed by atoms with Gasteiger partial charge in [-0.05, 0) is 89.8 Å². The molecule has 0 N–H and O–H groups in total. The molecule has 0 atom stereocenters. The van der Waals surface area contributed by atoms with Gasteiger partial charge in [0.15, 0.2) is 0 Å². The van der Waals surface area contributed by atoms with Crippen LogP contribution in [0.15, 0.2) is 72.8 Å². The molecule has 0 radical (unpaired) electrons. The molecule has 0 saturated carbocycles. The molecule has 29 heavy (non-hydrogen) atoms. The van der Waals surface area contributed by atoms with Gasteiger partial charge in [-0.1, -0.05) is 83.9 Å². The monoisotopic (exact) mass is 374 g/mol. The third-order valence-electron chi connectivity index (χ3n) is 6.21. The van der Waals surface area contributed by atoms with Crippen LogP contribution in [0.2, 0.25) is 0 Å². The predicted octanol–water partition coefficient (Wildman–Crippen LogP) is 7.83. The first-order valence-corrected chi connectivity index (χ1v) is 10.4. The van der Waals surface area contributed by atoms with Crippen molar-refractivity contribution in [1.29, 1.82) is 0 Å². The van der Waals surface area contributed by atoms with Crippen molar-refractivity contribution in [2.75, 3.05) is 0 Å². The summed E-state index contributed by atoms with van der Waals surface area (Å²) in [5.74, 6) is 0. The molecule has 4 aromatic carbocycles. The van der Waals surface area contributed by atoms with Crippen molar-refractivity contribution in [1.82, 2.24) is 0 Å². The Morgan fingerprint density at radius 3 is 1.69 bits per heavy atom. The van der Waals surface area contributed by atoms with Gasteiger partial charge in [0.1, 0.15) is 0 Å². The molecule has 0 heteroatoms. The zero-order chi connectivity index (χ0) is 20.1. The molecule has 0 saturated heterocycles. The average molecular weight is 375 g/mol. The van der Waals surface area contributed by atoms with Crippen LogP contribution in [0.3, 0.4) is 0 Å². The quantitative estimate of drug-likeness (QED) is 0.295. The molecule has 142 valence electrons. The first-order chi connectivity index (χ1) is 14.0. The van der Waals surface area contributed by atoms with Crippen molar-refractivity contribution >= 4 is 0 Å². The number of fused-ring (bicyclic) bond motifs is 3. The van der Waals surface area contributed by atoms with Crippen LogP contribution >= 0.6 is 0 Å². The van der Waals surface area contributed by atoms with E-state index >= 15 is 0 Å². The van der Waals surface area contributed by atoms with Crippen molar-refractivity contribution in [2.24, 2.45) is 0 Å². The van der Waals surface area contributed by atoms with Crippen LogP contribution in [0.4, 0.5) is 0 Å². The van der Waals surface area contributed by atoms with E-state index in [-0.39, 0.29) is 0 Å². The SMILES string of the molecule is Cc1cc(C)cc(-c2ccc3c(c2)Cc2cc(-c4c(C)cccc4C)ccc2-3)c1.